The van der Waals surface area contributed by atoms with Crippen LogP contribution < -0.4 is 11.1 Å². The normalized spacial score (nSPS) is 19.0. The Bertz CT molecular complexity index is 478. The Labute approximate surface area is 124 Å². The van der Waals surface area contributed by atoms with Gasteiger partial charge in [0, 0.05) is 31.2 Å². The van der Waals surface area contributed by atoms with Crippen molar-refractivity contribution in [2.24, 2.45) is 5.73 Å². The highest BCUT2D eigenvalue weighted by Crippen LogP contribution is 2.24. The van der Waals surface area contributed by atoms with Crippen molar-refractivity contribution in [3.05, 3.63) is 35.6 Å². The van der Waals surface area contributed by atoms with Crippen LogP contribution in [-0.4, -0.2) is 49.7 Å². The molecule has 0 radical (unpaired) electrons. The Kier molecular flexibility index (Phi) is 5.67. The number of ether oxygens (including phenoxy) is 1. The highest BCUT2D eigenvalue weighted by atomic mass is 19.1. The molecule has 1 aromatic rings. The highest BCUT2D eigenvalue weighted by molar-refractivity contribution is 5.83. The Morgan fingerprint density at radius 2 is 2.10 bits per heavy atom. The molecule has 1 heterocycles. The molecule has 3 N–H and O–H groups in total. The van der Waals surface area contributed by atoms with Crippen molar-refractivity contribution >= 4 is 5.91 Å². The van der Waals surface area contributed by atoms with E-state index in [1.54, 1.807) is 18.2 Å². The molecule has 0 saturated carbocycles. The van der Waals surface area contributed by atoms with Gasteiger partial charge in [0.15, 0.2) is 0 Å². The number of nitrogens with two attached hydrogens (primary N) is 1. The molecular weight excluding hydrogens is 273 g/mol. The van der Waals surface area contributed by atoms with Crippen molar-refractivity contribution in [3.63, 3.8) is 0 Å². The summed E-state index contributed by atoms with van der Waals surface area (Å²) in [6, 6.07) is 5.60. The van der Waals surface area contributed by atoms with Gasteiger partial charge in [-0.3, -0.25) is 9.69 Å². The van der Waals surface area contributed by atoms with Gasteiger partial charge in [0.1, 0.15) is 11.9 Å². The van der Waals surface area contributed by atoms with Crippen molar-refractivity contribution in [1.29, 1.82) is 0 Å². The van der Waals surface area contributed by atoms with E-state index in [2.05, 4.69) is 5.32 Å². The third-order valence-electron chi connectivity index (χ3n) is 3.60. The Morgan fingerprint density at radius 1 is 1.43 bits per heavy atom. The molecule has 1 aliphatic rings. The zero-order valence-electron chi connectivity index (χ0n) is 12.2. The molecule has 2 rings (SSSR count). The monoisotopic (exact) mass is 295 g/mol. The number of halogens is 1. The van der Waals surface area contributed by atoms with Gasteiger partial charge in [-0.25, -0.2) is 4.39 Å². The minimum Gasteiger partial charge on any atom is -0.379 e. The highest BCUT2D eigenvalue weighted by Gasteiger charge is 2.31. The molecule has 2 atom stereocenters. The molecular formula is C15H22FN3O2. The van der Waals surface area contributed by atoms with E-state index in [-0.39, 0.29) is 17.8 Å². The van der Waals surface area contributed by atoms with Crippen LogP contribution in [0.3, 0.4) is 0 Å². The van der Waals surface area contributed by atoms with Gasteiger partial charge in [0.2, 0.25) is 5.91 Å². The number of morpholine rings is 1. The van der Waals surface area contributed by atoms with Gasteiger partial charge in [-0.1, -0.05) is 18.2 Å². The van der Waals surface area contributed by atoms with E-state index in [0.717, 1.165) is 0 Å². The molecule has 0 bridgehead atoms. The molecule has 116 valence electrons. The third-order valence-corrected chi connectivity index (χ3v) is 3.60. The van der Waals surface area contributed by atoms with Crippen LogP contribution in [0.5, 0.6) is 0 Å². The maximum atomic E-state index is 14.1. The minimum atomic E-state index is -0.649. The maximum Gasteiger partial charge on any atom is 0.242 e. The van der Waals surface area contributed by atoms with Crippen LogP contribution in [0.4, 0.5) is 4.39 Å². The van der Waals surface area contributed by atoms with Gasteiger partial charge in [0.25, 0.3) is 0 Å². The van der Waals surface area contributed by atoms with Crippen LogP contribution in [0.2, 0.25) is 0 Å². The van der Waals surface area contributed by atoms with E-state index in [0.29, 0.717) is 38.4 Å². The Morgan fingerprint density at radius 3 is 2.71 bits per heavy atom. The van der Waals surface area contributed by atoms with Crippen LogP contribution in [0.15, 0.2) is 24.3 Å². The summed E-state index contributed by atoms with van der Waals surface area (Å²) in [5.41, 5.74) is 5.94. The summed E-state index contributed by atoms with van der Waals surface area (Å²) >= 11 is 0. The van der Waals surface area contributed by atoms with Crippen LogP contribution in [0, 0.1) is 5.82 Å². The summed E-state index contributed by atoms with van der Waals surface area (Å²) in [4.78, 5) is 14.5. The molecule has 1 amide bonds. The number of carbonyl (C=O) groups excluding carboxylic acids is 1. The smallest absolute Gasteiger partial charge is 0.242 e. The number of carbonyl (C=O) groups is 1. The number of nitrogens with zero attached hydrogens (tertiary/aromatic N) is 1. The molecule has 1 fully saturated rings. The van der Waals surface area contributed by atoms with E-state index in [4.69, 9.17) is 10.5 Å². The fourth-order valence-corrected chi connectivity index (χ4v) is 2.42. The van der Waals surface area contributed by atoms with Gasteiger partial charge in [-0.05, 0) is 13.0 Å². The van der Waals surface area contributed by atoms with Crippen molar-refractivity contribution < 1.29 is 13.9 Å². The van der Waals surface area contributed by atoms with Gasteiger partial charge >= 0.3 is 0 Å². The van der Waals surface area contributed by atoms with E-state index in [1.807, 2.05) is 11.8 Å². The SMILES string of the molecule is C[C@@H](CN)NC(=O)C(c1ccccc1F)N1CCOCC1. The van der Waals surface area contributed by atoms with Crippen LogP contribution in [0.1, 0.15) is 18.5 Å². The summed E-state index contributed by atoms with van der Waals surface area (Å²) in [5, 5.41) is 2.84. The fraction of sp³-hybridized carbons (Fsp3) is 0.533. The number of hydrogen-bond donors (Lipinski definition) is 2. The first-order valence-electron chi connectivity index (χ1n) is 7.20. The molecule has 0 spiro atoms. The standard InChI is InChI=1S/C15H22FN3O2/c1-11(10-17)18-15(20)14(19-6-8-21-9-7-19)12-4-2-3-5-13(12)16/h2-5,11,14H,6-10,17H2,1H3,(H,18,20)/t11-,14?/m0/s1. The van der Waals surface area contributed by atoms with Crippen LogP contribution >= 0.6 is 0 Å². The maximum absolute atomic E-state index is 14.1. The van der Waals surface area contributed by atoms with Gasteiger partial charge in [0.05, 0.1) is 13.2 Å². The van der Waals surface area contributed by atoms with Crippen LogP contribution in [0.25, 0.3) is 0 Å². The average molecular weight is 295 g/mol. The predicted molar refractivity (Wildman–Crippen MR) is 78.2 cm³/mol. The zero-order chi connectivity index (χ0) is 15.2. The quantitative estimate of drug-likeness (QED) is 0.837. The summed E-state index contributed by atoms with van der Waals surface area (Å²) in [6.07, 6.45) is 0. The second-order valence-electron chi connectivity index (χ2n) is 5.22. The molecule has 21 heavy (non-hydrogen) atoms. The topological polar surface area (TPSA) is 67.6 Å². The van der Waals surface area contributed by atoms with E-state index in [1.165, 1.54) is 6.07 Å². The lowest BCUT2D eigenvalue weighted by molar-refractivity contribution is -0.129. The molecule has 1 aromatic carbocycles. The molecule has 0 aliphatic carbocycles. The van der Waals surface area contributed by atoms with Crippen molar-refractivity contribution in [1.82, 2.24) is 10.2 Å². The lowest BCUT2D eigenvalue weighted by Crippen LogP contribution is -2.49. The number of hydrogen-bond acceptors (Lipinski definition) is 4. The number of benzene rings is 1. The van der Waals surface area contributed by atoms with E-state index >= 15 is 0 Å². The lowest BCUT2D eigenvalue weighted by atomic mass is 10.0. The minimum absolute atomic E-state index is 0.146. The molecule has 6 heteroatoms. The first kappa shape index (κ1) is 15.9. The molecule has 0 aromatic heterocycles. The van der Waals surface area contributed by atoms with Crippen molar-refractivity contribution in [2.45, 2.75) is 19.0 Å². The van der Waals surface area contributed by atoms with E-state index in [9.17, 15) is 9.18 Å². The Hall–Kier alpha value is -1.50. The molecule has 5 nitrogen and oxygen atoms in total. The lowest BCUT2D eigenvalue weighted by Gasteiger charge is -2.34. The van der Waals surface area contributed by atoms with Crippen LogP contribution in [-0.2, 0) is 9.53 Å². The molecule has 1 aliphatic heterocycles. The number of amides is 1. The second kappa shape index (κ2) is 7.49. The zero-order valence-corrected chi connectivity index (χ0v) is 12.2. The third kappa shape index (κ3) is 4.00. The summed E-state index contributed by atoms with van der Waals surface area (Å²) in [7, 11) is 0. The van der Waals surface area contributed by atoms with Crippen molar-refractivity contribution in [3.8, 4) is 0 Å². The average Bonchev–Trinajstić information content (AvgIpc) is 2.50. The molecule has 1 saturated heterocycles. The Balaban J connectivity index is 2.25. The van der Waals surface area contributed by atoms with Gasteiger partial charge in [-0.15, -0.1) is 0 Å². The fourth-order valence-electron chi connectivity index (χ4n) is 2.42. The summed E-state index contributed by atoms with van der Waals surface area (Å²) < 4.78 is 19.4. The van der Waals surface area contributed by atoms with E-state index < -0.39 is 6.04 Å². The second-order valence-corrected chi connectivity index (χ2v) is 5.22. The molecule has 1 unspecified atom stereocenters. The summed E-state index contributed by atoms with van der Waals surface area (Å²) in [6.45, 7) is 4.47. The number of nitrogens with one attached hydrogen (secondary N) is 1. The van der Waals surface area contributed by atoms with Crippen molar-refractivity contribution in [2.75, 3.05) is 32.8 Å². The first-order valence-corrected chi connectivity index (χ1v) is 7.20. The van der Waals surface area contributed by atoms with Gasteiger partial charge in [-0.2, -0.15) is 0 Å². The first-order chi connectivity index (χ1) is 10.1. The summed E-state index contributed by atoms with van der Waals surface area (Å²) in [5.74, 6) is -0.593. The van der Waals surface area contributed by atoms with Gasteiger partial charge < -0.3 is 15.8 Å². The number of rotatable bonds is 5. The predicted octanol–water partition coefficient (Wildman–Crippen LogP) is 0.662. The largest absolute Gasteiger partial charge is 0.379 e.